The Balaban J connectivity index is 1.74. The quantitative estimate of drug-likeness (QED) is 0.473. The molecule has 1 fully saturated rings. The van der Waals surface area contributed by atoms with E-state index in [1.165, 1.54) is 24.3 Å². The zero-order valence-electron chi connectivity index (χ0n) is 14.7. The van der Waals surface area contributed by atoms with Gasteiger partial charge in [-0.2, -0.15) is 4.98 Å². The van der Waals surface area contributed by atoms with E-state index in [-0.39, 0.29) is 52.4 Å². The first kappa shape index (κ1) is 18.9. The van der Waals surface area contributed by atoms with Crippen molar-refractivity contribution in [1.29, 1.82) is 0 Å². The molecule has 4 rings (SSSR count). The number of nitro benzene ring substituents is 1. The number of hydrogen-bond donors (Lipinski definition) is 1. The van der Waals surface area contributed by atoms with Gasteiger partial charge >= 0.3 is 0 Å². The third-order valence-corrected chi connectivity index (χ3v) is 4.57. The van der Waals surface area contributed by atoms with E-state index in [0.717, 1.165) is 12.8 Å². The molecule has 1 aliphatic rings. The van der Waals surface area contributed by atoms with Gasteiger partial charge in [0.2, 0.25) is 23.9 Å². The van der Waals surface area contributed by atoms with E-state index < -0.39 is 17.6 Å². The average molecular weight is 409 g/mol. The number of nitro groups is 1. The molecular weight excluding hydrogens is 395 g/mol. The lowest BCUT2D eigenvalue weighted by molar-refractivity contribution is -0.383. The second-order valence-electron chi connectivity index (χ2n) is 6.58. The van der Waals surface area contributed by atoms with E-state index in [0.29, 0.717) is 4.57 Å². The number of fused-ring (bicyclic) bond motifs is 1. The van der Waals surface area contributed by atoms with Gasteiger partial charge in [0, 0.05) is 12.0 Å². The molecule has 2 heterocycles. The van der Waals surface area contributed by atoms with Crippen molar-refractivity contribution in [2.24, 2.45) is 5.92 Å². The van der Waals surface area contributed by atoms with Gasteiger partial charge in [-0.1, -0.05) is 11.2 Å². The number of amides is 1. The Morgan fingerprint density at radius 2 is 2.14 bits per heavy atom. The molecule has 0 saturated heterocycles. The molecule has 9 nitrogen and oxygen atoms in total. The number of halogens is 3. The second-order valence-corrected chi connectivity index (χ2v) is 6.58. The monoisotopic (exact) mass is 409 g/mol. The molecule has 152 valence electrons. The Morgan fingerprint density at radius 3 is 2.79 bits per heavy atom. The molecule has 1 atom stereocenters. The van der Waals surface area contributed by atoms with Gasteiger partial charge < -0.3 is 14.4 Å². The summed E-state index contributed by atoms with van der Waals surface area (Å²) in [5.41, 5.74) is -0.676. The minimum atomic E-state index is -3.38. The van der Waals surface area contributed by atoms with Gasteiger partial charge in [-0.25, -0.2) is 13.2 Å². The van der Waals surface area contributed by atoms with E-state index >= 15 is 0 Å². The zero-order chi connectivity index (χ0) is 20.7. The fourth-order valence-corrected chi connectivity index (χ4v) is 3.03. The van der Waals surface area contributed by atoms with Crippen LogP contribution in [0.3, 0.4) is 0 Å². The van der Waals surface area contributed by atoms with Crippen LogP contribution in [-0.2, 0) is 11.3 Å². The lowest BCUT2D eigenvalue weighted by atomic mass is 10.2. The van der Waals surface area contributed by atoms with Crippen molar-refractivity contribution in [3.63, 3.8) is 0 Å². The molecule has 1 aliphatic carbocycles. The van der Waals surface area contributed by atoms with E-state index in [1.807, 2.05) is 0 Å². The van der Waals surface area contributed by atoms with Gasteiger partial charge in [0.05, 0.1) is 28.1 Å². The molecule has 1 N–H and O–H groups in total. The van der Waals surface area contributed by atoms with Gasteiger partial charge in [0.25, 0.3) is 12.1 Å². The number of alkyl halides is 3. The van der Waals surface area contributed by atoms with Crippen LogP contribution in [0.1, 0.15) is 25.0 Å². The van der Waals surface area contributed by atoms with Crippen molar-refractivity contribution in [3.05, 3.63) is 40.3 Å². The van der Waals surface area contributed by atoms with Crippen LogP contribution in [0, 0.1) is 16.0 Å². The number of benzene rings is 1. The normalized spacial score (nSPS) is 15.0. The summed E-state index contributed by atoms with van der Waals surface area (Å²) in [5.74, 6) is -0.419. The molecule has 3 aromatic rings. The van der Waals surface area contributed by atoms with Crippen molar-refractivity contribution in [2.45, 2.75) is 32.1 Å². The highest BCUT2D eigenvalue weighted by atomic mass is 19.3. The number of rotatable bonds is 7. The first-order valence-electron chi connectivity index (χ1n) is 8.68. The van der Waals surface area contributed by atoms with E-state index in [2.05, 4.69) is 15.5 Å². The third kappa shape index (κ3) is 3.52. The third-order valence-electron chi connectivity index (χ3n) is 4.57. The molecule has 0 aliphatic heterocycles. The van der Waals surface area contributed by atoms with Gasteiger partial charge in [-0.15, -0.1) is 0 Å². The number of non-ortho nitro benzene ring substituents is 1. The van der Waals surface area contributed by atoms with Gasteiger partial charge in [-0.3, -0.25) is 14.9 Å². The van der Waals surface area contributed by atoms with Crippen LogP contribution in [0.2, 0.25) is 0 Å². The highest BCUT2D eigenvalue weighted by molar-refractivity contribution is 5.93. The van der Waals surface area contributed by atoms with E-state index in [9.17, 15) is 28.1 Å². The zero-order valence-corrected chi connectivity index (χ0v) is 14.7. The van der Waals surface area contributed by atoms with E-state index in [1.54, 1.807) is 0 Å². The minimum Gasteiger partial charge on any atom is -0.347 e. The number of aromatic nitrogens is 3. The summed E-state index contributed by atoms with van der Waals surface area (Å²) in [5, 5.41) is 17.5. The number of hydrogen-bond acceptors (Lipinski definition) is 6. The summed E-state index contributed by atoms with van der Waals surface area (Å²) >= 11 is 0. The SMILES string of the molecule is O=C(NCc1nc(-c2cc3c([N+](=O)[O-])cccc3n2C(F)C(F)F)no1)C1CC1. The predicted molar refractivity (Wildman–Crippen MR) is 92.6 cm³/mol. The number of nitrogens with one attached hydrogen (secondary N) is 1. The molecule has 1 unspecified atom stereocenters. The average Bonchev–Trinajstić information content (AvgIpc) is 3.31. The first-order valence-corrected chi connectivity index (χ1v) is 8.68. The topological polar surface area (TPSA) is 116 Å². The minimum absolute atomic E-state index is 0.00670. The molecule has 1 saturated carbocycles. The molecule has 29 heavy (non-hydrogen) atoms. The van der Waals surface area contributed by atoms with Crippen LogP contribution >= 0.6 is 0 Å². The second kappa shape index (κ2) is 7.18. The van der Waals surface area contributed by atoms with E-state index in [4.69, 9.17) is 4.52 Å². The molecule has 1 amide bonds. The summed E-state index contributed by atoms with van der Waals surface area (Å²) in [6.45, 7) is -0.0728. The van der Waals surface area contributed by atoms with Gasteiger partial charge in [0.1, 0.15) is 0 Å². The number of carbonyl (C=O) groups excluding carboxylic acids is 1. The smallest absolute Gasteiger partial charge is 0.288 e. The predicted octanol–water partition coefficient (Wildman–Crippen LogP) is 3.36. The van der Waals surface area contributed by atoms with Crippen molar-refractivity contribution >= 4 is 22.5 Å². The van der Waals surface area contributed by atoms with Crippen LogP contribution in [0.4, 0.5) is 18.9 Å². The van der Waals surface area contributed by atoms with Crippen molar-refractivity contribution < 1.29 is 27.4 Å². The highest BCUT2D eigenvalue weighted by Gasteiger charge is 2.31. The molecule has 0 spiro atoms. The first-order chi connectivity index (χ1) is 13.9. The maximum Gasteiger partial charge on any atom is 0.288 e. The summed E-state index contributed by atoms with van der Waals surface area (Å²) in [6.07, 6.45) is -4.54. The molecule has 0 bridgehead atoms. The maximum atomic E-state index is 14.4. The van der Waals surface area contributed by atoms with Crippen LogP contribution in [0.5, 0.6) is 0 Å². The summed E-state index contributed by atoms with van der Waals surface area (Å²) in [7, 11) is 0. The van der Waals surface area contributed by atoms with Crippen LogP contribution < -0.4 is 5.32 Å². The summed E-state index contributed by atoms with van der Waals surface area (Å²) < 4.78 is 46.2. The molecule has 2 aromatic heterocycles. The summed E-state index contributed by atoms with van der Waals surface area (Å²) in [4.78, 5) is 26.3. The lowest BCUT2D eigenvalue weighted by Gasteiger charge is -2.13. The van der Waals surface area contributed by atoms with Crippen molar-refractivity contribution in [2.75, 3.05) is 0 Å². The number of carbonyl (C=O) groups is 1. The Hall–Kier alpha value is -3.44. The number of nitrogens with zero attached hydrogens (tertiary/aromatic N) is 4. The van der Waals surface area contributed by atoms with Crippen LogP contribution in [-0.4, -0.2) is 32.0 Å². The molecule has 0 radical (unpaired) electrons. The fourth-order valence-electron chi connectivity index (χ4n) is 3.03. The van der Waals surface area contributed by atoms with Crippen molar-refractivity contribution in [1.82, 2.24) is 20.0 Å². The van der Waals surface area contributed by atoms with Crippen LogP contribution in [0.25, 0.3) is 22.4 Å². The van der Waals surface area contributed by atoms with Gasteiger partial charge in [0.15, 0.2) is 0 Å². The Labute approximate surface area is 160 Å². The maximum absolute atomic E-state index is 14.4. The molecule has 1 aromatic carbocycles. The Kier molecular flexibility index (Phi) is 4.68. The standard InChI is InChI=1S/C17H14F3N5O4/c18-14(19)15(20)24-10-2-1-3-11(25(27)28)9(10)6-12(24)16-22-13(29-23-16)7-21-17(26)8-4-5-8/h1-3,6,8,14-15H,4-5,7H2,(H,21,26). The Bertz CT molecular complexity index is 1090. The van der Waals surface area contributed by atoms with Crippen LogP contribution in [0.15, 0.2) is 28.8 Å². The largest absolute Gasteiger partial charge is 0.347 e. The summed E-state index contributed by atoms with van der Waals surface area (Å²) in [6, 6.07) is 4.91. The molecule has 12 heteroatoms. The Morgan fingerprint density at radius 1 is 1.38 bits per heavy atom. The van der Waals surface area contributed by atoms with Gasteiger partial charge in [-0.05, 0) is 25.0 Å². The molecular formula is C17H14F3N5O4. The van der Waals surface area contributed by atoms with Crippen molar-refractivity contribution in [3.8, 4) is 11.5 Å². The highest BCUT2D eigenvalue weighted by Crippen LogP contribution is 2.37. The lowest BCUT2D eigenvalue weighted by Crippen LogP contribution is -2.24. The fraction of sp³-hybridized carbons (Fsp3) is 0.353.